The second-order valence-electron chi connectivity index (χ2n) is 7.76. The molecule has 0 unspecified atom stereocenters. The van der Waals surface area contributed by atoms with Crippen LogP contribution < -0.4 is 5.32 Å². The molecule has 1 saturated carbocycles. The molecule has 4 rings (SSSR count). The first-order valence-corrected chi connectivity index (χ1v) is 9.94. The minimum Gasteiger partial charge on any atom is -0.467 e. The van der Waals surface area contributed by atoms with Gasteiger partial charge in [-0.3, -0.25) is 0 Å². The Labute approximate surface area is 169 Å². The topological polar surface area (TPSA) is 84.9 Å². The molecule has 152 valence electrons. The number of esters is 1. The molecule has 2 aromatic rings. The summed E-state index contributed by atoms with van der Waals surface area (Å²) in [5, 5.41) is 12.5. The molecule has 6 heteroatoms. The van der Waals surface area contributed by atoms with Crippen LogP contribution in [0, 0.1) is 0 Å². The minimum absolute atomic E-state index is 0.0459. The fraction of sp³-hybridized carbons (Fsp3) is 0.391. The normalized spacial score (nSPS) is 23.0. The molecule has 0 heterocycles. The Kier molecular flexibility index (Phi) is 5.28. The lowest BCUT2D eigenvalue weighted by Crippen LogP contribution is -2.57. The van der Waals surface area contributed by atoms with Crippen LogP contribution in [0.25, 0.3) is 11.1 Å². The molecule has 2 aliphatic rings. The molecule has 0 saturated heterocycles. The second-order valence-corrected chi connectivity index (χ2v) is 7.76. The number of hydrogen-bond acceptors (Lipinski definition) is 5. The van der Waals surface area contributed by atoms with E-state index in [2.05, 4.69) is 29.6 Å². The van der Waals surface area contributed by atoms with Crippen molar-refractivity contribution in [2.24, 2.45) is 0 Å². The van der Waals surface area contributed by atoms with Gasteiger partial charge in [0.15, 0.2) is 0 Å². The molecule has 0 spiro atoms. The van der Waals surface area contributed by atoms with E-state index in [1.54, 1.807) is 0 Å². The molecule has 1 amide bonds. The van der Waals surface area contributed by atoms with E-state index in [1.165, 1.54) is 7.11 Å². The maximum Gasteiger partial charge on any atom is 0.408 e. The van der Waals surface area contributed by atoms with E-state index in [9.17, 15) is 14.7 Å². The zero-order chi connectivity index (χ0) is 20.4. The molecular formula is C23H25NO5. The first-order chi connectivity index (χ1) is 14.0. The average Bonchev–Trinajstić information content (AvgIpc) is 3.07. The van der Waals surface area contributed by atoms with Gasteiger partial charge in [0.2, 0.25) is 0 Å². The highest BCUT2D eigenvalue weighted by molar-refractivity contribution is 5.86. The summed E-state index contributed by atoms with van der Waals surface area (Å²) in [5.74, 6) is -0.548. The molecule has 0 atom stereocenters. The number of benzene rings is 2. The Balaban J connectivity index is 1.48. The maximum atomic E-state index is 12.6. The number of ether oxygens (including phenoxy) is 2. The lowest BCUT2D eigenvalue weighted by Gasteiger charge is -2.36. The Morgan fingerprint density at radius 1 is 1.03 bits per heavy atom. The molecule has 0 radical (unpaired) electrons. The van der Waals surface area contributed by atoms with Crippen LogP contribution in [-0.2, 0) is 14.3 Å². The van der Waals surface area contributed by atoms with Gasteiger partial charge < -0.3 is 19.9 Å². The minimum atomic E-state index is -1.14. The van der Waals surface area contributed by atoms with Gasteiger partial charge in [-0.15, -0.1) is 0 Å². The van der Waals surface area contributed by atoms with Crippen LogP contribution in [0.15, 0.2) is 48.5 Å². The van der Waals surface area contributed by atoms with Gasteiger partial charge in [0, 0.05) is 5.92 Å². The molecule has 2 aliphatic carbocycles. The quantitative estimate of drug-likeness (QED) is 0.776. The van der Waals surface area contributed by atoms with Gasteiger partial charge in [-0.2, -0.15) is 0 Å². The van der Waals surface area contributed by atoms with Gasteiger partial charge >= 0.3 is 12.1 Å². The molecule has 1 fully saturated rings. The van der Waals surface area contributed by atoms with E-state index in [0.29, 0.717) is 25.7 Å². The maximum absolute atomic E-state index is 12.6. The zero-order valence-electron chi connectivity index (χ0n) is 16.4. The Morgan fingerprint density at radius 3 is 2.14 bits per heavy atom. The molecular weight excluding hydrogens is 370 g/mol. The largest absolute Gasteiger partial charge is 0.467 e. The Morgan fingerprint density at radius 2 is 1.59 bits per heavy atom. The van der Waals surface area contributed by atoms with Gasteiger partial charge in [-0.25, -0.2) is 9.59 Å². The van der Waals surface area contributed by atoms with E-state index < -0.39 is 23.7 Å². The molecule has 0 aliphatic heterocycles. The van der Waals surface area contributed by atoms with Crippen LogP contribution in [0.5, 0.6) is 0 Å². The molecule has 2 N–H and O–H groups in total. The molecule has 2 aromatic carbocycles. The van der Waals surface area contributed by atoms with Crippen LogP contribution in [0.4, 0.5) is 4.79 Å². The van der Waals surface area contributed by atoms with Gasteiger partial charge in [-0.1, -0.05) is 48.5 Å². The predicted octanol–water partition coefficient (Wildman–Crippen LogP) is 3.37. The monoisotopic (exact) mass is 395 g/mol. The van der Waals surface area contributed by atoms with Crippen molar-refractivity contribution in [2.45, 2.75) is 43.2 Å². The number of carbonyl (C=O) groups is 2. The standard InChI is InChI=1S/C23H25NO5/c1-28-21(26)23(12-10-15(25)11-13-23)24-22(27)29-14-20-18-8-4-2-6-16(18)17-7-3-5-9-19(17)20/h2-9,15,20,25H,10-14H2,1H3,(H,24,27). The lowest BCUT2D eigenvalue weighted by atomic mass is 9.80. The third-order valence-corrected chi connectivity index (χ3v) is 6.07. The number of carbonyl (C=O) groups excluding carboxylic acids is 2. The number of aliphatic hydroxyl groups is 1. The summed E-state index contributed by atoms with van der Waals surface area (Å²) in [6, 6.07) is 16.2. The van der Waals surface area contributed by atoms with Crippen molar-refractivity contribution in [1.29, 1.82) is 0 Å². The highest BCUT2D eigenvalue weighted by Gasteiger charge is 2.44. The lowest BCUT2D eigenvalue weighted by molar-refractivity contribution is -0.150. The van der Waals surface area contributed by atoms with Crippen molar-refractivity contribution in [3.05, 3.63) is 59.7 Å². The molecule has 0 bridgehead atoms. The first kappa shape index (κ1) is 19.5. The van der Waals surface area contributed by atoms with Gasteiger partial charge in [0.05, 0.1) is 13.2 Å². The van der Waals surface area contributed by atoms with Crippen LogP contribution >= 0.6 is 0 Å². The number of nitrogens with one attached hydrogen (secondary N) is 1. The summed E-state index contributed by atoms with van der Waals surface area (Å²) < 4.78 is 10.5. The predicted molar refractivity (Wildman–Crippen MR) is 107 cm³/mol. The van der Waals surface area contributed by atoms with E-state index in [1.807, 2.05) is 24.3 Å². The number of amides is 1. The van der Waals surface area contributed by atoms with E-state index in [-0.39, 0.29) is 12.5 Å². The summed E-state index contributed by atoms with van der Waals surface area (Å²) in [6.07, 6.45) is 0.402. The Hall–Kier alpha value is -2.86. The second kappa shape index (κ2) is 7.87. The summed E-state index contributed by atoms with van der Waals surface area (Å²) in [7, 11) is 1.30. The van der Waals surface area contributed by atoms with Crippen LogP contribution in [-0.4, -0.2) is 42.5 Å². The molecule has 6 nitrogen and oxygen atoms in total. The SMILES string of the molecule is COC(=O)C1(NC(=O)OCC2c3ccccc3-c3ccccc32)CCC(O)CC1. The number of hydrogen-bond donors (Lipinski definition) is 2. The van der Waals surface area contributed by atoms with Crippen molar-refractivity contribution in [2.75, 3.05) is 13.7 Å². The number of rotatable bonds is 4. The smallest absolute Gasteiger partial charge is 0.408 e. The van der Waals surface area contributed by atoms with Crippen molar-refractivity contribution in [1.82, 2.24) is 5.32 Å². The highest BCUT2D eigenvalue weighted by atomic mass is 16.6. The van der Waals surface area contributed by atoms with Crippen LogP contribution in [0.2, 0.25) is 0 Å². The summed E-state index contributed by atoms with van der Waals surface area (Å²) >= 11 is 0. The first-order valence-electron chi connectivity index (χ1n) is 9.94. The van der Waals surface area contributed by atoms with Gasteiger partial charge in [0.25, 0.3) is 0 Å². The van der Waals surface area contributed by atoms with Gasteiger partial charge in [-0.05, 0) is 47.9 Å². The number of fused-ring (bicyclic) bond motifs is 3. The van der Waals surface area contributed by atoms with Gasteiger partial charge in [0.1, 0.15) is 12.1 Å². The molecule has 29 heavy (non-hydrogen) atoms. The zero-order valence-corrected chi connectivity index (χ0v) is 16.4. The third kappa shape index (κ3) is 3.60. The van der Waals surface area contributed by atoms with E-state index in [0.717, 1.165) is 22.3 Å². The van der Waals surface area contributed by atoms with Crippen LogP contribution in [0.3, 0.4) is 0 Å². The van der Waals surface area contributed by atoms with E-state index >= 15 is 0 Å². The van der Waals surface area contributed by atoms with E-state index in [4.69, 9.17) is 9.47 Å². The summed E-state index contributed by atoms with van der Waals surface area (Å²) in [6.45, 7) is 0.180. The van der Waals surface area contributed by atoms with Crippen LogP contribution in [0.1, 0.15) is 42.7 Å². The fourth-order valence-electron chi connectivity index (χ4n) is 4.50. The van der Waals surface area contributed by atoms with Crippen molar-refractivity contribution in [3.8, 4) is 11.1 Å². The number of methoxy groups -OCH3 is 1. The van der Waals surface area contributed by atoms with Crippen molar-refractivity contribution >= 4 is 12.1 Å². The summed E-state index contributed by atoms with van der Waals surface area (Å²) in [4.78, 5) is 24.9. The average molecular weight is 395 g/mol. The summed E-state index contributed by atoms with van der Waals surface area (Å²) in [5.41, 5.74) is 3.43. The fourth-order valence-corrected chi connectivity index (χ4v) is 4.50. The number of aliphatic hydroxyl groups excluding tert-OH is 1. The van der Waals surface area contributed by atoms with Crippen molar-refractivity contribution in [3.63, 3.8) is 0 Å². The molecule has 0 aromatic heterocycles. The third-order valence-electron chi connectivity index (χ3n) is 6.07. The van der Waals surface area contributed by atoms with Crippen molar-refractivity contribution < 1.29 is 24.2 Å². The highest BCUT2D eigenvalue weighted by Crippen LogP contribution is 2.44. The number of alkyl carbamates (subject to hydrolysis) is 1. The Bertz CT molecular complexity index is 871.